The fourth-order valence-electron chi connectivity index (χ4n) is 3.82. The number of fused-ring (bicyclic) bond motifs is 2. The molecule has 112 valence electrons. The van der Waals surface area contributed by atoms with Crippen molar-refractivity contribution in [2.45, 2.75) is 25.3 Å². The van der Waals surface area contributed by atoms with Crippen LogP contribution in [0.25, 0.3) is 6.08 Å². The summed E-state index contributed by atoms with van der Waals surface area (Å²) in [4.78, 5) is 15.9. The monoisotopic (exact) mass is 288 g/mol. The number of nitrogens with zero attached hydrogens (tertiary/aromatic N) is 1. The van der Waals surface area contributed by atoms with Gasteiger partial charge in [0, 0.05) is 30.8 Å². The number of carbonyl (C=O) groups is 1. The number of aliphatic hydroxyl groups is 1. The standard InChI is InChI=1S/C16H20N2O3/c19-9-14-11-2-3-12(6-11)16(14)18-15(21)4-1-10-5-13(20)8-17-7-10/h1,4-5,7-8,11-12,14,16,19-20H,2-3,6,9H2,(H,18,21)/b4-1+. The number of hydrogen-bond donors (Lipinski definition) is 3. The highest BCUT2D eigenvalue weighted by Gasteiger charge is 2.47. The molecule has 2 bridgehead atoms. The van der Waals surface area contributed by atoms with E-state index in [9.17, 15) is 15.0 Å². The first kappa shape index (κ1) is 14.1. The Bertz CT molecular complexity index is 558. The van der Waals surface area contributed by atoms with Crippen molar-refractivity contribution in [2.75, 3.05) is 6.61 Å². The molecule has 2 aliphatic rings. The summed E-state index contributed by atoms with van der Waals surface area (Å²) in [5.74, 6) is 1.18. The molecule has 0 aromatic carbocycles. The molecule has 0 radical (unpaired) electrons. The average Bonchev–Trinajstić information content (AvgIpc) is 3.06. The summed E-state index contributed by atoms with van der Waals surface area (Å²) in [5, 5.41) is 21.9. The van der Waals surface area contributed by atoms with E-state index in [0.717, 1.165) is 12.8 Å². The lowest BCUT2D eigenvalue weighted by Crippen LogP contribution is -2.44. The molecule has 2 saturated carbocycles. The summed E-state index contributed by atoms with van der Waals surface area (Å²) in [6.45, 7) is 0.145. The minimum Gasteiger partial charge on any atom is -0.506 e. The Morgan fingerprint density at radius 3 is 2.95 bits per heavy atom. The number of hydrogen-bond acceptors (Lipinski definition) is 4. The summed E-state index contributed by atoms with van der Waals surface area (Å²) in [5.41, 5.74) is 0.678. The second-order valence-corrected chi connectivity index (χ2v) is 6.02. The number of aliphatic hydroxyl groups excluding tert-OH is 1. The lowest BCUT2D eigenvalue weighted by molar-refractivity contribution is -0.117. The van der Waals surface area contributed by atoms with Crippen LogP contribution in [-0.4, -0.2) is 33.8 Å². The number of aromatic nitrogens is 1. The predicted molar refractivity (Wildman–Crippen MR) is 78.3 cm³/mol. The highest BCUT2D eigenvalue weighted by Crippen LogP contribution is 2.48. The predicted octanol–water partition coefficient (Wildman–Crippen LogP) is 1.32. The van der Waals surface area contributed by atoms with Gasteiger partial charge in [0.2, 0.25) is 5.91 Å². The number of rotatable bonds is 4. The van der Waals surface area contributed by atoms with Gasteiger partial charge in [-0.3, -0.25) is 9.78 Å². The second kappa shape index (κ2) is 5.85. The Labute approximate surface area is 123 Å². The van der Waals surface area contributed by atoms with Crippen LogP contribution >= 0.6 is 0 Å². The lowest BCUT2D eigenvalue weighted by atomic mass is 9.85. The van der Waals surface area contributed by atoms with Gasteiger partial charge in [-0.2, -0.15) is 0 Å². The Balaban J connectivity index is 1.61. The van der Waals surface area contributed by atoms with E-state index in [4.69, 9.17) is 0 Å². The molecule has 4 atom stereocenters. The Kier molecular flexibility index (Phi) is 3.92. The number of nitrogens with one attached hydrogen (secondary N) is 1. The first-order chi connectivity index (χ1) is 10.2. The minimum atomic E-state index is -0.158. The number of aromatic hydroxyl groups is 1. The van der Waals surface area contributed by atoms with Crippen LogP contribution in [0, 0.1) is 17.8 Å². The smallest absolute Gasteiger partial charge is 0.244 e. The molecule has 0 saturated heterocycles. The molecule has 2 fully saturated rings. The molecule has 1 heterocycles. The van der Waals surface area contributed by atoms with Crippen molar-refractivity contribution >= 4 is 12.0 Å². The van der Waals surface area contributed by atoms with Gasteiger partial charge < -0.3 is 15.5 Å². The molecule has 21 heavy (non-hydrogen) atoms. The van der Waals surface area contributed by atoms with Crippen molar-refractivity contribution < 1.29 is 15.0 Å². The fourth-order valence-corrected chi connectivity index (χ4v) is 3.82. The van der Waals surface area contributed by atoms with Crippen molar-refractivity contribution in [3.8, 4) is 5.75 Å². The highest BCUT2D eigenvalue weighted by atomic mass is 16.3. The maximum Gasteiger partial charge on any atom is 0.244 e. The molecule has 1 amide bonds. The van der Waals surface area contributed by atoms with Gasteiger partial charge in [0.1, 0.15) is 5.75 Å². The van der Waals surface area contributed by atoms with Crippen LogP contribution in [0.1, 0.15) is 24.8 Å². The molecule has 0 aliphatic heterocycles. The van der Waals surface area contributed by atoms with Crippen molar-refractivity contribution in [1.82, 2.24) is 10.3 Å². The summed E-state index contributed by atoms with van der Waals surface area (Å²) >= 11 is 0. The topological polar surface area (TPSA) is 82.5 Å². The number of pyridine rings is 1. The van der Waals surface area contributed by atoms with Crippen molar-refractivity contribution in [3.05, 3.63) is 30.1 Å². The zero-order valence-electron chi connectivity index (χ0n) is 11.8. The maximum absolute atomic E-state index is 12.0. The molecule has 2 aliphatic carbocycles. The third-order valence-electron chi connectivity index (χ3n) is 4.78. The molecule has 4 unspecified atom stereocenters. The molecule has 5 heteroatoms. The molecule has 3 rings (SSSR count). The van der Waals surface area contributed by atoms with E-state index in [1.807, 2.05) is 0 Å². The van der Waals surface area contributed by atoms with Gasteiger partial charge in [-0.15, -0.1) is 0 Å². The van der Waals surface area contributed by atoms with Crippen LogP contribution < -0.4 is 5.32 Å². The molecule has 1 aromatic rings. The van der Waals surface area contributed by atoms with Gasteiger partial charge in [0.15, 0.2) is 0 Å². The third-order valence-corrected chi connectivity index (χ3v) is 4.78. The van der Waals surface area contributed by atoms with Crippen molar-refractivity contribution in [1.29, 1.82) is 0 Å². The summed E-state index contributed by atoms with van der Waals surface area (Å²) in [6, 6.07) is 1.64. The van der Waals surface area contributed by atoms with Gasteiger partial charge in [0.25, 0.3) is 0 Å². The van der Waals surface area contributed by atoms with Crippen molar-refractivity contribution in [3.63, 3.8) is 0 Å². The van der Waals surface area contributed by atoms with Crippen LogP contribution in [0.3, 0.4) is 0 Å². The molecule has 1 aromatic heterocycles. The maximum atomic E-state index is 12.0. The van der Waals surface area contributed by atoms with Crippen LogP contribution in [-0.2, 0) is 4.79 Å². The quantitative estimate of drug-likeness (QED) is 0.730. The van der Waals surface area contributed by atoms with E-state index >= 15 is 0 Å². The molecule has 3 N–H and O–H groups in total. The third kappa shape index (κ3) is 2.93. The number of carbonyl (C=O) groups excluding carboxylic acids is 1. The average molecular weight is 288 g/mol. The Hall–Kier alpha value is -1.88. The summed E-state index contributed by atoms with van der Waals surface area (Å²) < 4.78 is 0. The first-order valence-corrected chi connectivity index (χ1v) is 7.41. The molecule has 0 spiro atoms. The highest BCUT2D eigenvalue weighted by molar-refractivity contribution is 5.92. The normalized spacial score (nSPS) is 30.9. The molecular formula is C16H20N2O3. The van der Waals surface area contributed by atoms with Gasteiger partial charge in [0.05, 0.1) is 6.20 Å². The summed E-state index contributed by atoms with van der Waals surface area (Å²) in [7, 11) is 0. The fraction of sp³-hybridized carbons (Fsp3) is 0.500. The Morgan fingerprint density at radius 1 is 1.38 bits per heavy atom. The van der Waals surface area contributed by atoms with Crippen LogP contribution in [0.4, 0.5) is 0 Å². The van der Waals surface area contributed by atoms with Gasteiger partial charge in [-0.05, 0) is 48.8 Å². The molecular weight excluding hydrogens is 268 g/mol. The van der Waals surface area contributed by atoms with Crippen LogP contribution in [0.2, 0.25) is 0 Å². The SMILES string of the molecule is O=C(/C=C/c1cncc(O)c1)NC1C2CCC(C2)C1CO. The second-order valence-electron chi connectivity index (χ2n) is 6.02. The van der Waals surface area contributed by atoms with E-state index in [0.29, 0.717) is 17.4 Å². The lowest BCUT2D eigenvalue weighted by Gasteiger charge is -2.30. The zero-order valence-corrected chi connectivity index (χ0v) is 11.8. The Morgan fingerprint density at radius 2 is 2.19 bits per heavy atom. The van der Waals surface area contributed by atoms with E-state index in [2.05, 4.69) is 10.3 Å². The minimum absolute atomic E-state index is 0.0750. The van der Waals surface area contributed by atoms with Crippen LogP contribution in [0.5, 0.6) is 5.75 Å². The zero-order chi connectivity index (χ0) is 14.8. The van der Waals surface area contributed by atoms with E-state index in [1.165, 1.54) is 18.7 Å². The van der Waals surface area contributed by atoms with Crippen molar-refractivity contribution in [2.24, 2.45) is 17.8 Å². The summed E-state index contributed by atoms with van der Waals surface area (Å²) in [6.07, 6.45) is 9.45. The van der Waals surface area contributed by atoms with Crippen LogP contribution in [0.15, 0.2) is 24.5 Å². The van der Waals surface area contributed by atoms with Gasteiger partial charge >= 0.3 is 0 Å². The largest absolute Gasteiger partial charge is 0.506 e. The molecule has 5 nitrogen and oxygen atoms in total. The van der Waals surface area contributed by atoms with Gasteiger partial charge in [-0.1, -0.05) is 0 Å². The van der Waals surface area contributed by atoms with E-state index < -0.39 is 0 Å². The first-order valence-electron chi connectivity index (χ1n) is 7.41. The van der Waals surface area contributed by atoms with Gasteiger partial charge in [-0.25, -0.2) is 0 Å². The van der Waals surface area contributed by atoms with E-state index in [1.54, 1.807) is 18.3 Å². The number of amides is 1. The van der Waals surface area contributed by atoms with E-state index in [-0.39, 0.29) is 30.2 Å².